The minimum Gasteiger partial charge on any atom is -0.370 e. The molecule has 0 aromatic carbocycles. The molecule has 4 heterocycles. The van der Waals surface area contributed by atoms with Crippen molar-refractivity contribution in [2.75, 3.05) is 13.1 Å². The number of likely N-dealkylation sites (tertiary alicyclic amines) is 1. The summed E-state index contributed by atoms with van der Waals surface area (Å²) in [7, 11) is 1.89. The van der Waals surface area contributed by atoms with Gasteiger partial charge in [0.1, 0.15) is 5.69 Å². The molecule has 0 atom stereocenters. The number of fused-ring (bicyclic) bond motifs is 1. The van der Waals surface area contributed by atoms with Gasteiger partial charge in [0.2, 0.25) is 0 Å². The molecule has 0 bridgehead atoms. The van der Waals surface area contributed by atoms with Crippen LogP contribution in [0.1, 0.15) is 57.9 Å². The highest BCUT2D eigenvalue weighted by molar-refractivity contribution is 5.94. The number of aryl methyl sites for hydroxylation is 1. The highest BCUT2D eigenvalue weighted by Gasteiger charge is 2.43. The number of nitrogens with zero attached hydrogens (tertiary/aromatic N) is 5. The molecule has 1 spiro atoms. The van der Waals surface area contributed by atoms with E-state index in [1.165, 1.54) is 12.4 Å². The van der Waals surface area contributed by atoms with E-state index in [4.69, 9.17) is 4.74 Å². The minimum atomic E-state index is -0.315. The summed E-state index contributed by atoms with van der Waals surface area (Å²) in [6.45, 7) is 1.60. The monoisotopic (exact) mass is 396 g/mol. The van der Waals surface area contributed by atoms with Gasteiger partial charge < -0.3 is 15.0 Å². The van der Waals surface area contributed by atoms with Crippen molar-refractivity contribution < 1.29 is 14.3 Å². The van der Waals surface area contributed by atoms with Gasteiger partial charge in [-0.05, 0) is 25.7 Å². The van der Waals surface area contributed by atoms with Gasteiger partial charge in [0.25, 0.3) is 11.8 Å². The van der Waals surface area contributed by atoms with Crippen molar-refractivity contribution in [3.63, 3.8) is 0 Å². The Hall–Kier alpha value is -2.81. The van der Waals surface area contributed by atoms with Crippen molar-refractivity contribution in [2.45, 2.75) is 50.4 Å². The Labute approximate surface area is 168 Å². The average Bonchev–Trinajstić information content (AvgIpc) is 3.51. The molecule has 3 aliphatic rings. The van der Waals surface area contributed by atoms with Gasteiger partial charge in [0.15, 0.2) is 5.69 Å². The summed E-state index contributed by atoms with van der Waals surface area (Å²) in [5.41, 5.74) is 2.50. The predicted molar refractivity (Wildman–Crippen MR) is 102 cm³/mol. The first-order chi connectivity index (χ1) is 14.0. The first-order valence-corrected chi connectivity index (χ1v) is 10.1. The number of ether oxygens (including phenoxy) is 1. The molecule has 1 saturated carbocycles. The van der Waals surface area contributed by atoms with Crippen LogP contribution >= 0.6 is 0 Å². The van der Waals surface area contributed by atoms with Crippen LogP contribution in [-0.2, 0) is 24.8 Å². The predicted octanol–water partition coefficient (Wildman–Crippen LogP) is 0.850. The van der Waals surface area contributed by atoms with Crippen LogP contribution in [0, 0.1) is 0 Å². The first kappa shape index (κ1) is 18.2. The minimum absolute atomic E-state index is 0.0935. The summed E-state index contributed by atoms with van der Waals surface area (Å²) < 4.78 is 8.11. The number of piperidine rings is 1. The maximum absolute atomic E-state index is 12.6. The Morgan fingerprint density at radius 3 is 2.72 bits per heavy atom. The lowest BCUT2D eigenvalue weighted by Gasteiger charge is -2.43. The molecule has 152 valence electrons. The Bertz CT molecular complexity index is 945. The van der Waals surface area contributed by atoms with Crippen LogP contribution in [0.5, 0.6) is 0 Å². The van der Waals surface area contributed by atoms with Crippen LogP contribution in [-0.4, -0.2) is 61.2 Å². The fourth-order valence-electron chi connectivity index (χ4n) is 4.23. The van der Waals surface area contributed by atoms with E-state index in [1.807, 2.05) is 16.6 Å². The maximum atomic E-state index is 12.6. The number of amides is 2. The third-order valence-electron chi connectivity index (χ3n) is 6.16. The number of hydrogen-bond acceptors (Lipinski definition) is 6. The maximum Gasteiger partial charge on any atom is 0.274 e. The van der Waals surface area contributed by atoms with E-state index in [1.54, 1.807) is 6.20 Å². The molecule has 29 heavy (non-hydrogen) atoms. The van der Waals surface area contributed by atoms with Crippen molar-refractivity contribution in [3.8, 4) is 0 Å². The molecule has 9 nitrogen and oxygen atoms in total. The van der Waals surface area contributed by atoms with Gasteiger partial charge in [-0.2, -0.15) is 5.10 Å². The third kappa shape index (κ3) is 3.39. The zero-order valence-corrected chi connectivity index (χ0v) is 16.4. The lowest BCUT2D eigenvalue weighted by molar-refractivity contribution is -0.0990. The summed E-state index contributed by atoms with van der Waals surface area (Å²) in [6.07, 6.45) is 8.87. The molecular formula is C20H24N6O3. The molecule has 2 aliphatic heterocycles. The number of nitrogens with one attached hydrogen (secondary N) is 1. The number of carbonyl (C=O) groups excluding carboxylic acids is 2. The molecular weight excluding hydrogens is 372 g/mol. The van der Waals surface area contributed by atoms with Gasteiger partial charge in [-0.25, -0.2) is 4.98 Å². The second-order valence-corrected chi connectivity index (χ2v) is 8.18. The molecule has 0 radical (unpaired) electrons. The summed E-state index contributed by atoms with van der Waals surface area (Å²) in [5, 5.41) is 7.49. The molecule has 2 amide bonds. The van der Waals surface area contributed by atoms with Gasteiger partial charge in [0.05, 0.1) is 18.4 Å². The van der Waals surface area contributed by atoms with Gasteiger partial charge in [-0.1, -0.05) is 0 Å². The molecule has 1 saturated heterocycles. The average molecular weight is 396 g/mol. The van der Waals surface area contributed by atoms with E-state index in [9.17, 15) is 9.59 Å². The largest absolute Gasteiger partial charge is 0.370 e. The second-order valence-electron chi connectivity index (χ2n) is 8.18. The number of rotatable bonds is 3. The Kier molecular flexibility index (Phi) is 4.34. The fraction of sp³-hybridized carbons (Fsp3) is 0.550. The SMILES string of the molecule is Cn1nc(C(=O)NC2CC2)c2c1CC1(CCN(C(=O)c3cnccn3)CC1)OC2. The Morgan fingerprint density at radius 2 is 2.03 bits per heavy atom. The van der Waals surface area contributed by atoms with E-state index < -0.39 is 0 Å². The van der Waals surface area contributed by atoms with Crippen LogP contribution in [0.3, 0.4) is 0 Å². The van der Waals surface area contributed by atoms with Crippen LogP contribution in [0.2, 0.25) is 0 Å². The quantitative estimate of drug-likeness (QED) is 0.825. The zero-order valence-electron chi connectivity index (χ0n) is 16.4. The molecule has 0 unspecified atom stereocenters. The third-order valence-corrected chi connectivity index (χ3v) is 6.16. The number of carbonyl (C=O) groups is 2. The highest BCUT2D eigenvalue weighted by atomic mass is 16.5. The molecule has 2 aromatic rings. The topological polar surface area (TPSA) is 102 Å². The van der Waals surface area contributed by atoms with Crippen molar-refractivity contribution in [1.29, 1.82) is 0 Å². The molecule has 9 heteroatoms. The van der Waals surface area contributed by atoms with E-state index in [0.717, 1.165) is 36.9 Å². The lowest BCUT2D eigenvalue weighted by Crippen LogP contribution is -2.51. The standard InChI is InChI=1S/C20H24N6O3/c1-25-16-10-20(29-12-14(16)17(24-25)18(27)23-13-2-3-13)4-8-26(9-5-20)19(28)15-11-21-6-7-22-15/h6-7,11,13H,2-5,8-10,12H2,1H3,(H,23,27). The molecule has 1 N–H and O–H groups in total. The van der Waals surface area contributed by atoms with Crippen LogP contribution in [0.25, 0.3) is 0 Å². The van der Waals surface area contributed by atoms with Crippen LogP contribution in [0.4, 0.5) is 0 Å². The Morgan fingerprint density at radius 1 is 1.24 bits per heavy atom. The summed E-state index contributed by atoms with van der Waals surface area (Å²) in [6, 6.07) is 0.298. The van der Waals surface area contributed by atoms with Crippen molar-refractivity contribution in [3.05, 3.63) is 41.2 Å². The Balaban J connectivity index is 1.28. The van der Waals surface area contributed by atoms with E-state index in [-0.39, 0.29) is 17.4 Å². The summed E-state index contributed by atoms with van der Waals surface area (Å²) >= 11 is 0. The lowest BCUT2D eigenvalue weighted by atomic mass is 9.83. The number of hydrogen-bond donors (Lipinski definition) is 1. The van der Waals surface area contributed by atoms with Crippen LogP contribution in [0.15, 0.2) is 18.6 Å². The van der Waals surface area contributed by atoms with Gasteiger partial charge in [-0.3, -0.25) is 19.3 Å². The normalized spacial score (nSPS) is 20.4. The zero-order chi connectivity index (χ0) is 20.0. The first-order valence-electron chi connectivity index (χ1n) is 10.1. The molecule has 5 rings (SSSR count). The van der Waals surface area contributed by atoms with Crippen molar-refractivity contribution in [1.82, 2.24) is 30.0 Å². The van der Waals surface area contributed by atoms with E-state index >= 15 is 0 Å². The number of aromatic nitrogens is 4. The fourth-order valence-corrected chi connectivity index (χ4v) is 4.23. The molecule has 1 aliphatic carbocycles. The van der Waals surface area contributed by atoms with Gasteiger partial charge in [-0.15, -0.1) is 0 Å². The highest BCUT2D eigenvalue weighted by Crippen LogP contribution is 2.37. The van der Waals surface area contributed by atoms with E-state index in [0.29, 0.717) is 43.5 Å². The van der Waals surface area contributed by atoms with Gasteiger partial charge >= 0.3 is 0 Å². The van der Waals surface area contributed by atoms with E-state index in [2.05, 4.69) is 20.4 Å². The summed E-state index contributed by atoms with van der Waals surface area (Å²) in [4.78, 5) is 35.0. The molecule has 2 fully saturated rings. The summed E-state index contributed by atoms with van der Waals surface area (Å²) in [5.74, 6) is -0.197. The molecule has 2 aromatic heterocycles. The van der Waals surface area contributed by atoms with Gasteiger partial charge in [0, 0.05) is 56.3 Å². The smallest absolute Gasteiger partial charge is 0.274 e. The second kappa shape index (κ2) is 6.91. The van der Waals surface area contributed by atoms with Crippen molar-refractivity contribution in [2.24, 2.45) is 7.05 Å². The van der Waals surface area contributed by atoms with Crippen molar-refractivity contribution >= 4 is 11.8 Å². The van der Waals surface area contributed by atoms with Crippen LogP contribution < -0.4 is 5.32 Å².